The van der Waals surface area contributed by atoms with Crippen molar-refractivity contribution in [3.8, 4) is 0 Å². The molecule has 2 rings (SSSR count). The van der Waals surface area contributed by atoms with Crippen molar-refractivity contribution in [2.24, 2.45) is 0 Å². The molecular weight excluding hydrogens is 350 g/mol. The lowest BCUT2D eigenvalue weighted by molar-refractivity contribution is -0.120. The summed E-state index contributed by atoms with van der Waals surface area (Å²) in [5, 5.41) is 2.74. The first kappa shape index (κ1) is 16.7. The lowest BCUT2D eigenvalue weighted by Crippen LogP contribution is -2.45. The Hall–Kier alpha value is -1.63. The highest BCUT2D eigenvalue weighted by Crippen LogP contribution is 2.22. The lowest BCUT2D eigenvalue weighted by Gasteiger charge is -2.27. The van der Waals surface area contributed by atoms with Gasteiger partial charge in [-0.05, 0) is 61.7 Å². The number of nitrogens with zero attached hydrogens (tertiary/aromatic N) is 2. The Morgan fingerprint density at radius 2 is 2.14 bits per heavy atom. The maximum absolute atomic E-state index is 12.4. The molecule has 2 heterocycles. The fourth-order valence-electron chi connectivity index (χ4n) is 2.24. The second-order valence-corrected chi connectivity index (χ2v) is 7.10. The number of rotatable bonds is 2. The van der Waals surface area contributed by atoms with Crippen molar-refractivity contribution >= 4 is 33.7 Å². The number of pyridine rings is 1. The molecule has 1 N–H and O–H groups in total. The minimum Gasteiger partial charge on any atom is -0.444 e. The average Bonchev–Trinajstić information content (AvgIpc) is 2.89. The van der Waals surface area contributed by atoms with Crippen LogP contribution in [0.15, 0.2) is 22.8 Å². The number of carbonyl (C=O) groups is 2. The summed E-state index contributed by atoms with van der Waals surface area (Å²) in [5.74, 6) is 0.224. The number of likely N-dealkylation sites (tertiary alicyclic amines) is 1. The molecule has 0 spiro atoms. The second-order valence-electron chi connectivity index (χ2n) is 6.18. The van der Waals surface area contributed by atoms with Crippen LogP contribution in [0.5, 0.6) is 0 Å². The van der Waals surface area contributed by atoms with Crippen LogP contribution in [-0.4, -0.2) is 40.1 Å². The molecule has 0 saturated carbocycles. The second kappa shape index (κ2) is 6.64. The lowest BCUT2D eigenvalue weighted by atomic mass is 10.2. The zero-order chi connectivity index (χ0) is 16.3. The molecule has 0 aliphatic carbocycles. The monoisotopic (exact) mass is 369 g/mol. The number of ether oxygens (including phenoxy) is 1. The van der Waals surface area contributed by atoms with E-state index in [0.717, 1.165) is 10.9 Å². The maximum atomic E-state index is 12.4. The van der Waals surface area contributed by atoms with E-state index in [2.05, 4.69) is 26.2 Å². The summed E-state index contributed by atoms with van der Waals surface area (Å²) in [6.07, 6.45) is 2.57. The molecule has 6 nitrogen and oxygen atoms in total. The van der Waals surface area contributed by atoms with Gasteiger partial charge in [0.05, 0.1) is 0 Å². The number of aromatic nitrogens is 1. The molecule has 1 aliphatic rings. The van der Waals surface area contributed by atoms with Crippen LogP contribution >= 0.6 is 15.9 Å². The standard InChI is InChI=1S/C15H20BrN3O3/c1-15(2,3)22-14(21)19-8-4-5-11(19)13(20)18-12-7-6-10(16)9-17-12/h6-7,9,11H,4-5,8H2,1-3H3,(H,17,18,20)/t11-/m0/s1. The molecule has 2 amide bonds. The minimum atomic E-state index is -0.575. The third kappa shape index (κ3) is 4.43. The third-order valence-corrected chi connectivity index (χ3v) is 3.63. The first-order valence-electron chi connectivity index (χ1n) is 7.18. The summed E-state index contributed by atoms with van der Waals surface area (Å²) in [6.45, 7) is 5.95. The number of halogens is 1. The van der Waals surface area contributed by atoms with Gasteiger partial charge in [-0.25, -0.2) is 9.78 Å². The van der Waals surface area contributed by atoms with Crippen molar-refractivity contribution in [1.29, 1.82) is 0 Å². The van der Waals surface area contributed by atoms with Gasteiger partial charge in [0.1, 0.15) is 17.5 Å². The van der Waals surface area contributed by atoms with E-state index >= 15 is 0 Å². The van der Waals surface area contributed by atoms with Crippen LogP contribution in [-0.2, 0) is 9.53 Å². The van der Waals surface area contributed by atoms with Gasteiger partial charge in [0, 0.05) is 17.2 Å². The van der Waals surface area contributed by atoms with Gasteiger partial charge in [0.15, 0.2) is 0 Å². The summed E-state index contributed by atoms with van der Waals surface area (Å²) in [4.78, 5) is 30.1. The van der Waals surface area contributed by atoms with Crippen LogP contribution in [0.4, 0.5) is 10.6 Å². The Balaban J connectivity index is 2.01. The van der Waals surface area contributed by atoms with E-state index in [4.69, 9.17) is 4.74 Å². The molecule has 1 aromatic heterocycles. The zero-order valence-corrected chi connectivity index (χ0v) is 14.5. The van der Waals surface area contributed by atoms with E-state index in [1.165, 1.54) is 4.90 Å². The summed E-state index contributed by atoms with van der Waals surface area (Å²) in [5.41, 5.74) is -0.575. The van der Waals surface area contributed by atoms with Crippen molar-refractivity contribution in [3.05, 3.63) is 22.8 Å². The summed E-state index contributed by atoms with van der Waals surface area (Å²) in [6, 6.07) is 2.98. The Bertz CT molecular complexity index is 554. The minimum absolute atomic E-state index is 0.238. The van der Waals surface area contributed by atoms with Gasteiger partial charge in [-0.1, -0.05) is 0 Å². The highest BCUT2D eigenvalue weighted by Gasteiger charge is 2.36. The number of carbonyl (C=O) groups excluding carboxylic acids is 2. The van der Waals surface area contributed by atoms with E-state index in [1.54, 1.807) is 18.3 Å². The summed E-state index contributed by atoms with van der Waals surface area (Å²) >= 11 is 3.29. The molecule has 7 heteroatoms. The van der Waals surface area contributed by atoms with E-state index in [1.807, 2.05) is 20.8 Å². The van der Waals surface area contributed by atoms with Gasteiger partial charge in [-0.3, -0.25) is 9.69 Å². The fourth-order valence-corrected chi connectivity index (χ4v) is 2.47. The van der Waals surface area contributed by atoms with Crippen LogP contribution < -0.4 is 5.32 Å². The molecular formula is C15H20BrN3O3. The topological polar surface area (TPSA) is 71.5 Å². The molecule has 0 radical (unpaired) electrons. The van der Waals surface area contributed by atoms with E-state index in [0.29, 0.717) is 18.8 Å². The number of hydrogen-bond acceptors (Lipinski definition) is 4. The molecule has 1 aromatic rings. The molecule has 120 valence electrons. The highest BCUT2D eigenvalue weighted by atomic mass is 79.9. The van der Waals surface area contributed by atoms with Crippen LogP contribution in [0.25, 0.3) is 0 Å². The number of hydrogen-bond donors (Lipinski definition) is 1. The van der Waals surface area contributed by atoms with Crippen LogP contribution in [0.1, 0.15) is 33.6 Å². The van der Waals surface area contributed by atoms with Gasteiger partial charge in [0.2, 0.25) is 5.91 Å². The van der Waals surface area contributed by atoms with Crippen LogP contribution in [0, 0.1) is 0 Å². The van der Waals surface area contributed by atoms with Gasteiger partial charge < -0.3 is 10.1 Å². The van der Waals surface area contributed by atoms with Crippen LogP contribution in [0.2, 0.25) is 0 Å². The van der Waals surface area contributed by atoms with Gasteiger partial charge in [-0.2, -0.15) is 0 Å². The highest BCUT2D eigenvalue weighted by molar-refractivity contribution is 9.10. The van der Waals surface area contributed by atoms with Crippen molar-refractivity contribution in [1.82, 2.24) is 9.88 Å². The van der Waals surface area contributed by atoms with Crippen molar-refractivity contribution in [2.45, 2.75) is 45.3 Å². The van der Waals surface area contributed by atoms with Crippen molar-refractivity contribution < 1.29 is 14.3 Å². The molecule has 1 saturated heterocycles. The van der Waals surface area contributed by atoms with E-state index in [9.17, 15) is 9.59 Å². The normalized spacial score (nSPS) is 18.2. The predicted molar refractivity (Wildman–Crippen MR) is 86.5 cm³/mol. The van der Waals surface area contributed by atoms with Gasteiger partial charge in [-0.15, -0.1) is 0 Å². The Labute approximate surface area is 138 Å². The number of nitrogens with one attached hydrogen (secondary N) is 1. The third-order valence-electron chi connectivity index (χ3n) is 3.16. The van der Waals surface area contributed by atoms with Gasteiger partial charge in [0.25, 0.3) is 0 Å². The molecule has 1 aliphatic heterocycles. The molecule has 22 heavy (non-hydrogen) atoms. The van der Waals surface area contributed by atoms with E-state index < -0.39 is 17.7 Å². The van der Waals surface area contributed by atoms with Gasteiger partial charge >= 0.3 is 6.09 Å². The number of anilines is 1. The first-order chi connectivity index (χ1) is 10.3. The zero-order valence-electron chi connectivity index (χ0n) is 12.9. The predicted octanol–water partition coefficient (Wildman–Crippen LogP) is 3.18. The molecule has 0 aromatic carbocycles. The molecule has 0 unspecified atom stereocenters. The molecule has 0 bridgehead atoms. The molecule has 1 fully saturated rings. The SMILES string of the molecule is CC(C)(C)OC(=O)N1CCC[C@H]1C(=O)Nc1ccc(Br)cn1. The first-order valence-corrected chi connectivity index (χ1v) is 7.97. The Morgan fingerprint density at radius 1 is 1.41 bits per heavy atom. The summed E-state index contributed by atoms with van der Waals surface area (Å²) < 4.78 is 6.19. The largest absolute Gasteiger partial charge is 0.444 e. The van der Waals surface area contributed by atoms with Crippen molar-refractivity contribution in [2.75, 3.05) is 11.9 Å². The Morgan fingerprint density at radius 3 is 2.73 bits per heavy atom. The molecule has 1 atom stereocenters. The average molecular weight is 370 g/mol. The maximum Gasteiger partial charge on any atom is 0.410 e. The Kier molecular flexibility index (Phi) is 5.05. The van der Waals surface area contributed by atoms with E-state index in [-0.39, 0.29) is 5.91 Å². The fraction of sp³-hybridized carbons (Fsp3) is 0.533. The summed E-state index contributed by atoms with van der Waals surface area (Å²) in [7, 11) is 0. The quantitative estimate of drug-likeness (QED) is 0.868. The van der Waals surface area contributed by atoms with Crippen molar-refractivity contribution in [3.63, 3.8) is 0 Å². The smallest absolute Gasteiger partial charge is 0.410 e. The number of amides is 2. The van der Waals surface area contributed by atoms with Crippen LogP contribution in [0.3, 0.4) is 0 Å².